The van der Waals surface area contributed by atoms with Crippen molar-refractivity contribution in [3.05, 3.63) is 54.4 Å². The number of thioether (sulfide) groups is 1. The summed E-state index contributed by atoms with van der Waals surface area (Å²) in [4.78, 5) is 17.3. The summed E-state index contributed by atoms with van der Waals surface area (Å²) in [6.45, 7) is 3.47. The van der Waals surface area contributed by atoms with Crippen molar-refractivity contribution < 1.29 is 17.7 Å². The van der Waals surface area contributed by atoms with E-state index in [2.05, 4.69) is 15.5 Å². The summed E-state index contributed by atoms with van der Waals surface area (Å²) in [6.07, 6.45) is 1.86. The minimum absolute atomic E-state index is 0.0645. The van der Waals surface area contributed by atoms with E-state index in [1.54, 1.807) is 19.9 Å². The molecule has 0 bridgehead atoms. The van der Waals surface area contributed by atoms with E-state index in [9.17, 15) is 13.2 Å². The molecule has 1 aromatic heterocycles. The van der Waals surface area contributed by atoms with Crippen molar-refractivity contribution in [2.45, 2.75) is 30.2 Å². The topological polar surface area (TPSA) is 105 Å². The van der Waals surface area contributed by atoms with E-state index in [1.807, 2.05) is 36.6 Å². The average molecular weight is 461 g/mol. The molecule has 0 atom stereocenters. The van der Waals surface area contributed by atoms with Crippen molar-refractivity contribution in [2.75, 3.05) is 18.6 Å². The molecule has 1 N–H and O–H groups in total. The van der Waals surface area contributed by atoms with Gasteiger partial charge in [0.25, 0.3) is 0 Å². The zero-order valence-corrected chi connectivity index (χ0v) is 19.3. The number of amides is 1. The van der Waals surface area contributed by atoms with Gasteiger partial charge in [-0.15, -0.1) is 11.8 Å². The number of nitrogens with one attached hydrogen (secondary N) is 1. The first-order valence-corrected chi connectivity index (χ1v) is 12.2. The van der Waals surface area contributed by atoms with Crippen molar-refractivity contribution in [2.24, 2.45) is 5.92 Å². The number of aromatic nitrogens is 2. The minimum atomic E-state index is -3.85. The van der Waals surface area contributed by atoms with Crippen LogP contribution >= 0.6 is 11.8 Å². The highest BCUT2D eigenvalue weighted by Crippen LogP contribution is 2.30. The molecule has 0 aliphatic heterocycles. The van der Waals surface area contributed by atoms with Crippen LogP contribution in [0, 0.1) is 5.92 Å². The fourth-order valence-corrected chi connectivity index (χ4v) is 4.38. The summed E-state index contributed by atoms with van der Waals surface area (Å²) in [5, 5.41) is 6.72. The fraction of sp³-hybridized carbons (Fsp3) is 0.286. The van der Waals surface area contributed by atoms with Gasteiger partial charge in [-0.1, -0.05) is 49.3 Å². The van der Waals surface area contributed by atoms with E-state index in [1.165, 1.54) is 30.9 Å². The summed E-state index contributed by atoms with van der Waals surface area (Å²) in [6, 6.07) is 14.0. The van der Waals surface area contributed by atoms with Gasteiger partial charge < -0.3 is 9.84 Å². The predicted octanol–water partition coefficient (Wildman–Crippen LogP) is 3.87. The molecule has 164 valence electrons. The smallest absolute Gasteiger partial charge is 0.243 e. The quantitative estimate of drug-likeness (QED) is 0.509. The number of benzene rings is 2. The summed E-state index contributed by atoms with van der Waals surface area (Å²) >= 11 is 1.42. The molecule has 8 nitrogen and oxygen atoms in total. The molecule has 0 spiro atoms. The second-order valence-electron chi connectivity index (χ2n) is 7.14. The molecule has 0 aliphatic rings. The average Bonchev–Trinajstić information content (AvgIpc) is 3.22. The van der Waals surface area contributed by atoms with Gasteiger partial charge in [-0.25, -0.2) is 8.42 Å². The molecule has 2 aromatic carbocycles. The minimum Gasteiger partial charge on any atom is -0.338 e. The van der Waals surface area contributed by atoms with Gasteiger partial charge in [0, 0.05) is 23.4 Å². The number of hydrogen-bond acceptors (Lipinski definition) is 7. The zero-order valence-electron chi connectivity index (χ0n) is 17.7. The molecule has 0 aliphatic carbocycles. The lowest BCUT2D eigenvalue weighted by Gasteiger charge is -2.17. The Bertz CT molecular complexity index is 1160. The lowest BCUT2D eigenvalue weighted by Crippen LogP contribution is -2.27. The molecule has 10 heteroatoms. The number of nitrogens with zero attached hydrogens (tertiary/aromatic N) is 3. The van der Waals surface area contributed by atoms with Gasteiger partial charge in [0.1, 0.15) is 0 Å². The number of sulfonamides is 1. The van der Waals surface area contributed by atoms with Gasteiger partial charge in [-0.2, -0.15) is 9.29 Å². The molecule has 31 heavy (non-hydrogen) atoms. The first-order chi connectivity index (χ1) is 14.7. The molecule has 1 heterocycles. The van der Waals surface area contributed by atoms with Crippen LogP contribution in [0.2, 0.25) is 0 Å². The first-order valence-electron chi connectivity index (χ1n) is 9.55. The third kappa shape index (κ3) is 5.33. The molecular weight excluding hydrogens is 436 g/mol. The third-order valence-corrected chi connectivity index (χ3v) is 7.11. The molecule has 0 unspecified atom stereocenters. The summed E-state index contributed by atoms with van der Waals surface area (Å²) in [5.41, 5.74) is 1.24. The maximum atomic E-state index is 13.1. The Morgan fingerprint density at radius 1 is 1.19 bits per heavy atom. The molecule has 1 amide bonds. The van der Waals surface area contributed by atoms with Crippen LogP contribution in [0.15, 0.2) is 62.8 Å². The predicted molar refractivity (Wildman–Crippen MR) is 120 cm³/mol. The van der Waals surface area contributed by atoms with E-state index in [4.69, 9.17) is 4.52 Å². The third-order valence-electron chi connectivity index (χ3n) is 4.52. The van der Waals surface area contributed by atoms with E-state index in [0.29, 0.717) is 11.5 Å². The van der Waals surface area contributed by atoms with Crippen LogP contribution in [0.4, 0.5) is 5.69 Å². The zero-order chi connectivity index (χ0) is 22.6. The normalized spacial score (nSPS) is 11.8. The van der Waals surface area contributed by atoms with Crippen molar-refractivity contribution >= 4 is 33.4 Å². The van der Waals surface area contributed by atoms with Gasteiger partial charge in [-0.05, 0) is 24.5 Å². The Hall–Kier alpha value is -2.69. The maximum Gasteiger partial charge on any atom is 0.243 e. The fourth-order valence-electron chi connectivity index (χ4n) is 2.70. The first kappa shape index (κ1) is 23.0. The lowest BCUT2D eigenvalue weighted by atomic mass is 10.2. The Balaban J connectivity index is 1.82. The highest BCUT2D eigenvalue weighted by atomic mass is 32.2. The van der Waals surface area contributed by atoms with E-state index in [0.717, 1.165) is 14.8 Å². The second-order valence-corrected chi connectivity index (χ2v) is 10.0. The lowest BCUT2D eigenvalue weighted by molar-refractivity contribution is -0.118. The molecule has 0 saturated heterocycles. The summed E-state index contributed by atoms with van der Waals surface area (Å²) in [5.74, 6) is 0.162. The van der Waals surface area contributed by atoms with Gasteiger partial charge >= 0.3 is 0 Å². The molecule has 0 fully saturated rings. The van der Waals surface area contributed by atoms with Gasteiger partial charge in [-0.3, -0.25) is 4.79 Å². The molecule has 3 aromatic rings. The Kier molecular flexibility index (Phi) is 7.14. The Labute approximate surface area is 186 Å². The van der Waals surface area contributed by atoms with Crippen LogP contribution in [0.1, 0.15) is 19.7 Å². The highest BCUT2D eigenvalue weighted by molar-refractivity contribution is 7.98. The maximum absolute atomic E-state index is 13.1. The van der Waals surface area contributed by atoms with E-state index in [-0.39, 0.29) is 29.2 Å². The van der Waals surface area contributed by atoms with Crippen LogP contribution in [-0.2, 0) is 21.4 Å². The number of hydrogen-bond donors (Lipinski definition) is 1. The standard InChI is InChI=1S/C21H24N4O4S2/c1-14(2)21(26)22-17-12-16(10-11-18(17)30-4)31(27,28)25(3)13-19-23-20(24-29-19)15-8-6-5-7-9-15/h5-12,14H,13H2,1-4H3,(H,22,26). The summed E-state index contributed by atoms with van der Waals surface area (Å²) < 4.78 is 32.6. The summed E-state index contributed by atoms with van der Waals surface area (Å²) in [7, 11) is -2.41. The van der Waals surface area contributed by atoms with Gasteiger partial charge in [0.15, 0.2) is 0 Å². The van der Waals surface area contributed by atoms with Gasteiger partial charge in [0.2, 0.25) is 27.6 Å². The number of carbonyl (C=O) groups is 1. The number of anilines is 1. The highest BCUT2D eigenvalue weighted by Gasteiger charge is 2.25. The van der Waals surface area contributed by atoms with E-state index < -0.39 is 10.0 Å². The van der Waals surface area contributed by atoms with Gasteiger partial charge in [0.05, 0.1) is 17.1 Å². The molecular formula is C21H24N4O4S2. The van der Waals surface area contributed by atoms with Crippen LogP contribution in [0.5, 0.6) is 0 Å². The van der Waals surface area contributed by atoms with Crippen molar-refractivity contribution in [3.63, 3.8) is 0 Å². The Morgan fingerprint density at radius 3 is 2.55 bits per heavy atom. The van der Waals surface area contributed by atoms with Crippen molar-refractivity contribution in [1.29, 1.82) is 0 Å². The van der Waals surface area contributed by atoms with Crippen LogP contribution in [0.3, 0.4) is 0 Å². The van der Waals surface area contributed by atoms with Crippen LogP contribution < -0.4 is 5.32 Å². The second kappa shape index (κ2) is 9.63. The largest absolute Gasteiger partial charge is 0.338 e. The number of rotatable bonds is 8. The monoisotopic (exact) mass is 460 g/mol. The molecule has 0 saturated carbocycles. The van der Waals surface area contributed by atoms with Crippen LogP contribution in [-0.4, -0.2) is 42.1 Å². The number of carbonyl (C=O) groups excluding carboxylic acids is 1. The molecule has 3 rings (SSSR count). The molecule has 0 radical (unpaired) electrons. The van der Waals surface area contributed by atoms with E-state index >= 15 is 0 Å². The SMILES string of the molecule is CSc1ccc(S(=O)(=O)N(C)Cc2nc(-c3ccccc3)no2)cc1NC(=O)C(C)C. The van der Waals surface area contributed by atoms with Crippen molar-refractivity contribution in [1.82, 2.24) is 14.4 Å². The van der Waals surface area contributed by atoms with Crippen molar-refractivity contribution in [3.8, 4) is 11.4 Å². The Morgan fingerprint density at radius 2 is 1.90 bits per heavy atom. The van der Waals surface area contributed by atoms with Crippen LogP contribution in [0.25, 0.3) is 11.4 Å².